The average molecular weight is 1890 g/mol. The third-order valence-electron chi connectivity index (χ3n) is 19.9. The largest absolute Gasteiger partial charge is 0.570 e. The molecule has 0 bridgehead atoms. The summed E-state index contributed by atoms with van der Waals surface area (Å²) in [5, 5.41) is 0. The van der Waals surface area contributed by atoms with Gasteiger partial charge in [0.15, 0.2) is 17.5 Å². The number of rotatable bonds is 0. The van der Waals surface area contributed by atoms with E-state index in [0.717, 1.165) is 80.1 Å². The van der Waals surface area contributed by atoms with Crippen molar-refractivity contribution in [3.63, 3.8) is 0 Å². The Morgan fingerprint density at radius 2 is 0.420 bits per heavy atom. The smallest absolute Gasteiger partial charge is 0.419 e. The maximum atomic E-state index is 13.5. The summed E-state index contributed by atoms with van der Waals surface area (Å²) in [6.45, 7) is 57.2. The number of hydrogen-bond donors (Lipinski definition) is 0. The van der Waals surface area contributed by atoms with Gasteiger partial charge in [-0.3, -0.25) is 0 Å². The van der Waals surface area contributed by atoms with Crippen LogP contribution in [0.1, 0.15) is 299 Å². The predicted molar refractivity (Wildman–Crippen MR) is 481 cm³/mol. The molecule has 738 valence electrons. The summed E-state index contributed by atoms with van der Waals surface area (Å²) in [4.78, 5) is 0. The molecule has 0 amide bonds. The molecular weight excluding hydrogens is 1750 g/mol. The molecule has 0 aromatic heterocycles. The fraction of sp³-hybridized carbons (Fsp3) is 0.510. The van der Waals surface area contributed by atoms with Crippen LogP contribution in [0.25, 0.3) is 0 Å². The number of hydrogen-bond acceptors (Lipinski definition) is 0. The Labute approximate surface area is 763 Å². The van der Waals surface area contributed by atoms with Crippen LogP contribution in [0, 0.1) is 101 Å². The summed E-state index contributed by atoms with van der Waals surface area (Å²) in [6.07, 6.45) is -13.8. The number of alkyl halides is 15. The minimum Gasteiger partial charge on any atom is -0.570 e. The Balaban J connectivity index is 0.000000728. The Hall–Kier alpha value is -8.04. The lowest BCUT2D eigenvalue weighted by Crippen LogP contribution is -2.17. The van der Waals surface area contributed by atoms with Crippen molar-refractivity contribution >= 4 is 0 Å². The van der Waals surface area contributed by atoms with Crippen molar-refractivity contribution in [2.24, 2.45) is 0 Å². The first-order valence-electron chi connectivity index (χ1n) is 42.6. The first-order chi connectivity index (χ1) is 58.8. The van der Waals surface area contributed by atoms with Gasteiger partial charge < -0.3 is 13.1 Å². The highest BCUT2D eigenvalue weighted by atomic mass is 19.4. The molecular formula is C104H136F24O3. The van der Waals surface area contributed by atoms with Crippen LogP contribution >= 0.6 is 0 Å². The molecule has 3 nitrogen and oxygen atoms in total. The molecule has 0 radical (unpaired) electrons. The SMILES string of the molecule is CC(C)(C)c1c(F)cc(F)cc1F.CC(C)(C)c1c(F)cccc1F.CC(C)(C)c1cc(F)c(F)c(F)c1.CC(C)(C)c1cccc(C(F)(F)F)c1F.Cc1cc(C(C)(C)C)cc(C(F)(F)F)c1.Cc1cc(C(C)(C)C)cc(C(F)(F)F)c1.Cc1cc(C(C)(C)C)cc(C(F)(F)F)c1.Cc1cc(C(C)(C)C)cc(C(F)(F)F)c1.[CH2-][O+]1CCCC1.[CH2-][O+]1CCCC1.[CH2-][O+]1CCCC1. The Morgan fingerprint density at radius 3 is 0.603 bits per heavy atom. The molecule has 8 aromatic carbocycles. The molecule has 11 rings (SSSR count). The van der Waals surface area contributed by atoms with Crippen LogP contribution in [0.5, 0.6) is 0 Å². The van der Waals surface area contributed by atoms with E-state index in [4.69, 9.17) is 0 Å². The van der Waals surface area contributed by atoms with Gasteiger partial charge in [0, 0.05) is 61.8 Å². The molecule has 27 heteroatoms. The molecule has 3 aliphatic heterocycles. The van der Waals surface area contributed by atoms with E-state index in [9.17, 15) is 105 Å². The maximum Gasteiger partial charge on any atom is 0.419 e. The molecule has 3 fully saturated rings. The first-order valence-corrected chi connectivity index (χ1v) is 42.6. The van der Waals surface area contributed by atoms with Crippen LogP contribution in [0.15, 0.2) is 133 Å². The Bertz CT molecular complexity index is 4260. The van der Waals surface area contributed by atoms with E-state index < -0.39 is 127 Å². The molecule has 0 atom stereocenters. The van der Waals surface area contributed by atoms with Crippen molar-refractivity contribution in [1.29, 1.82) is 0 Å². The van der Waals surface area contributed by atoms with Gasteiger partial charge in [-0.15, -0.1) is 0 Å². The van der Waals surface area contributed by atoms with Gasteiger partial charge in [-0.1, -0.05) is 252 Å². The highest BCUT2D eigenvalue weighted by Crippen LogP contribution is 2.41. The van der Waals surface area contributed by atoms with E-state index in [1.165, 1.54) is 117 Å². The van der Waals surface area contributed by atoms with Crippen LogP contribution in [0.4, 0.5) is 105 Å². The minimum absolute atomic E-state index is 0.0751. The van der Waals surface area contributed by atoms with Crippen LogP contribution in [0.2, 0.25) is 0 Å². The second-order valence-electron chi connectivity index (χ2n) is 40.8. The zero-order valence-corrected chi connectivity index (χ0v) is 81.1. The van der Waals surface area contributed by atoms with Crippen molar-refractivity contribution < 1.29 is 118 Å². The zero-order chi connectivity index (χ0) is 102. The third-order valence-corrected chi connectivity index (χ3v) is 19.9. The summed E-state index contributed by atoms with van der Waals surface area (Å²) in [5.74, 6) is -8.33. The van der Waals surface area contributed by atoms with Crippen LogP contribution < -0.4 is 0 Å². The van der Waals surface area contributed by atoms with Gasteiger partial charge in [-0.05, 0) is 183 Å². The fourth-order valence-corrected chi connectivity index (χ4v) is 12.5. The van der Waals surface area contributed by atoms with Gasteiger partial charge in [0.25, 0.3) is 0 Å². The number of aryl methyl sites for hydroxylation is 4. The molecule has 3 aliphatic rings. The number of halogens is 24. The summed E-state index contributed by atoms with van der Waals surface area (Å²) in [6, 6.07) is 27.6. The van der Waals surface area contributed by atoms with Crippen LogP contribution in [0.3, 0.4) is 0 Å². The van der Waals surface area contributed by atoms with E-state index in [1.807, 2.05) is 83.1 Å². The molecule has 0 saturated carbocycles. The minimum atomic E-state index is -4.63. The second kappa shape index (κ2) is 48.9. The van der Waals surface area contributed by atoms with Gasteiger partial charge in [0.1, 0.15) is 74.5 Å². The highest BCUT2D eigenvalue weighted by molar-refractivity contribution is 5.40. The molecule has 0 aliphatic carbocycles. The lowest BCUT2D eigenvalue weighted by atomic mass is 9.85. The van der Waals surface area contributed by atoms with E-state index >= 15 is 0 Å². The highest BCUT2D eigenvalue weighted by Gasteiger charge is 2.39. The molecule has 0 N–H and O–H groups in total. The molecule has 8 aromatic rings. The van der Waals surface area contributed by atoms with Crippen LogP contribution in [-0.2, 0) is 87.3 Å². The average Bonchev–Trinajstić information content (AvgIpc) is 1.08. The summed E-state index contributed by atoms with van der Waals surface area (Å²) in [5.41, 5.74) is -0.549. The second-order valence-corrected chi connectivity index (χ2v) is 40.8. The lowest BCUT2D eigenvalue weighted by Gasteiger charge is -2.21. The molecule has 131 heavy (non-hydrogen) atoms. The van der Waals surface area contributed by atoms with E-state index in [1.54, 1.807) is 135 Å². The zero-order valence-electron chi connectivity index (χ0n) is 81.1. The number of benzene rings is 8. The maximum absolute atomic E-state index is 13.5. The van der Waals surface area contributed by atoms with Gasteiger partial charge in [0.05, 0.1) is 27.8 Å². The molecule has 3 heterocycles. The Kier molecular flexibility index (Phi) is 45.2. The van der Waals surface area contributed by atoms with Gasteiger partial charge in [-0.25, -0.2) is 39.5 Å². The monoisotopic (exact) mass is 1890 g/mol. The summed E-state index contributed by atoms with van der Waals surface area (Å²) >= 11 is 0. The lowest BCUT2D eigenvalue weighted by molar-refractivity contribution is -0.140. The van der Waals surface area contributed by atoms with Crippen molar-refractivity contribution in [3.8, 4) is 0 Å². The van der Waals surface area contributed by atoms with Gasteiger partial charge >= 0.3 is 30.9 Å². The fourth-order valence-electron chi connectivity index (χ4n) is 12.5. The molecule has 0 unspecified atom stereocenters. The normalized spacial score (nSPS) is 14.4. The third kappa shape index (κ3) is 44.3. The van der Waals surface area contributed by atoms with E-state index in [0.29, 0.717) is 39.9 Å². The van der Waals surface area contributed by atoms with E-state index in [-0.39, 0.29) is 43.8 Å². The van der Waals surface area contributed by atoms with Crippen molar-refractivity contribution in [2.45, 2.75) is 307 Å². The standard InChI is InChI=1S/4C12H15F3.C11H12F4.2C10H11F3.C10H12F2.3C5H10O/c4*1-8-5-9(11(2,3)4)7-10(6-8)12(13,14)15;1-10(2,3)7-5-4-6-8(9(7)12)11(13,14)15;1-10(2,3)9-7(12)4-6(11)5-8(9)13;1-10(2,3)6-4-7(11)9(13)8(12)5-6;1-10(2,3)9-7(11)5-4-6-8(9)12;3*1-6-4-2-3-5-6/h4*5-7H,1-4H3;4-6H,1-3H3;2*4-5H,1-3H3;4-6H,1-3H3;3*1-5H2. The quantitative estimate of drug-likeness (QED) is 0.0619. The topological polar surface area (TPSA) is 8.10 Å². The van der Waals surface area contributed by atoms with Crippen LogP contribution in [-0.4, -0.2) is 39.6 Å². The van der Waals surface area contributed by atoms with Crippen molar-refractivity contribution in [1.82, 2.24) is 0 Å². The Morgan fingerprint density at radius 1 is 0.214 bits per heavy atom. The van der Waals surface area contributed by atoms with Gasteiger partial charge in [-0.2, -0.15) is 65.9 Å². The first kappa shape index (κ1) is 121. The van der Waals surface area contributed by atoms with E-state index in [2.05, 4.69) is 34.4 Å². The summed E-state index contributed by atoms with van der Waals surface area (Å²) < 4.78 is 312. The van der Waals surface area contributed by atoms with Gasteiger partial charge in [0.2, 0.25) is 0 Å². The van der Waals surface area contributed by atoms with Crippen molar-refractivity contribution in [3.05, 3.63) is 302 Å². The predicted octanol–water partition coefficient (Wildman–Crippen LogP) is 34.8. The van der Waals surface area contributed by atoms with Crippen molar-refractivity contribution in [2.75, 3.05) is 39.6 Å². The molecule has 0 spiro atoms. The summed E-state index contributed by atoms with van der Waals surface area (Å²) in [7, 11) is 11.1. The molecule has 3 saturated heterocycles.